The molecule has 1 unspecified atom stereocenters. The minimum absolute atomic E-state index is 0.121. The summed E-state index contributed by atoms with van der Waals surface area (Å²) in [6.45, 7) is 1.91. The van der Waals surface area contributed by atoms with E-state index in [4.69, 9.17) is 0 Å². The van der Waals surface area contributed by atoms with E-state index in [1.807, 2.05) is 12.3 Å². The SMILES string of the molecule is CC(NC(=O)C1(C#N)CCCCC1)c1nccs1. The molecule has 18 heavy (non-hydrogen) atoms. The highest BCUT2D eigenvalue weighted by molar-refractivity contribution is 7.09. The molecule has 1 atom stereocenters. The highest BCUT2D eigenvalue weighted by atomic mass is 32.1. The standard InChI is InChI=1S/C13H17N3OS/c1-10(11-15-7-8-18-11)16-12(17)13(9-14)5-3-2-4-6-13/h7-8,10H,2-6H2,1H3,(H,16,17). The average Bonchev–Trinajstić information content (AvgIpc) is 2.93. The van der Waals surface area contributed by atoms with Gasteiger partial charge in [0.1, 0.15) is 10.4 Å². The monoisotopic (exact) mass is 263 g/mol. The summed E-state index contributed by atoms with van der Waals surface area (Å²) in [5.41, 5.74) is -0.816. The molecule has 1 fully saturated rings. The quantitative estimate of drug-likeness (QED) is 0.912. The summed E-state index contributed by atoms with van der Waals surface area (Å²) in [7, 11) is 0. The van der Waals surface area contributed by atoms with E-state index in [0.29, 0.717) is 12.8 Å². The van der Waals surface area contributed by atoms with Crippen LogP contribution in [0.25, 0.3) is 0 Å². The molecule has 5 heteroatoms. The summed E-state index contributed by atoms with van der Waals surface area (Å²) in [5.74, 6) is -0.132. The molecule has 1 aromatic heterocycles. The predicted molar refractivity (Wildman–Crippen MR) is 69.8 cm³/mol. The van der Waals surface area contributed by atoms with E-state index in [2.05, 4.69) is 16.4 Å². The second-order valence-corrected chi connectivity index (χ2v) is 5.75. The number of nitriles is 1. The normalized spacial score (nSPS) is 19.8. The van der Waals surface area contributed by atoms with Crippen molar-refractivity contribution in [2.75, 3.05) is 0 Å². The Morgan fingerprint density at radius 1 is 1.56 bits per heavy atom. The molecule has 1 saturated carbocycles. The summed E-state index contributed by atoms with van der Waals surface area (Å²) in [4.78, 5) is 16.5. The van der Waals surface area contributed by atoms with Gasteiger partial charge in [0.05, 0.1) is 12.1 Å². The molecule has 0 spiro atoms. The molecule has 1 aliphatic carbocycles. The molecule has 1 heterocycles. The van der Waals surface area contributed by atoms with Gasteiger partial charge in [0.15, 0.2) is 0 Å². The molecule has 0 saturated heterocycles. The van der Waals surface area contributed by atoms with Gasteiger partial charge in [-0.2, -0.15) is 5.26 Å². The second kappa shape index (κ2) is 5.49. The van der Waals surface area contributed by atoms with Crippen molar-refractivity contribution in [2.24, 2.45) is 5.41 Å². The third-order valence-corrected chi connectivity index (χ3v) is 4.48. The molecule has 0 aliphatic heterocycles. The van der Waals surface area contributed by atoms with Crippen LogP contribution in [-0.2, 0) is 4.79 Å². The van der Waals surface area contributed by atoms with Gasteiger partial charge in [-0.25, -0.2) is 4.98 Å². The van der Waals surface area contributed by atoms with Crippen molar-refractivity contribution >= 4 is 17.2 Å². The van der Waals surface area contributed by atoms with Crippen molar-refractivity contribution in [3.05, 3.63) is 16.6 Å². The van der Waals surface area contributed by atoms with Crippen molar-refractivity contribution in [2.45, 2.75) is 45.1 Å². The smallest absolute Gasteiger partial charge is 0.241 e. The maximum Gasteiger partial charge on any atom is 0.241 e. The van der Waals surface area contributed by atoms with Gasteiger partial charge in [-0.05, 0) is 19.8 Å². The molecular formula is C13H17N3OS. The highest BCUT2D eigenvalue weighted by Gasteiger charge is 2.40. The van der Waals surface area contributed by atoms with Crippen LogP contribution in [0.1, 0.15) is 50.1 Å². The lowest BCUT2D eigenvalue weighted by atomic mass is 9.74. The van der Waals surface area contributed by atoms with E-state index in [-0.39, 0.29) is 11.9 Å². The second-order valence-electron chi connectivity index (χ2n) is 4.82. The van der Waals surface area contributed by atoms with Crippen LogP contribution < -0.4 is 5.32 Å². The van der Waals surface area contributed by atoms with Crippen molar-refractivity contribution in [3.63, 3.8) is 0 Å². The van der Waals surface area contributed by atoms with Crippen LogP contribution in [-0.4, -0.2) is 10.9 Å². The summed E-state index contributed by atoms with van der Waals surface area (Å²) >= 11 is 1.52. The summed E-state index contributed by atoms with van der Waals surface area (Å²) < 4.78 is 0. The number of aromatic nitrogens is 1. The maximum atomic E-state index is 12.3. The van der Waals surface area contributed by atoms with Gasteiger partial charge in [0, 0.05) is 11.6 Å². The first kappa shape index (κ1) is 13.0. The first-order valence-corrected chi connectivity index (χ1v) is 7.17. The Labute approximate surface area is 111 Å². The molecule has 1 N–H and O–H groups in total. The molecule has 1 aliphatic rings. The van der Waals surface area contributed by atoms with Gasteiger partial charge in [-0.3, -0.25) is 4.79 Å². The van der Waals surface area contributed by atoms with Gasteiger partial charge in [-0.15, -0.1) is 11.3 Å². The minimum Gasteiger partial charge on any atom is -0.346 e. The molecule has 4 nitrogen and oxygen atoms in total. The van der Waals surface area contributed by atoms with Gasteiger partial charge >= 0.3 is 0 Å². The lowest BCUT2D eigenvalue weighted by Crippen LogP contribution is -2.42. The number of nitrogens with one attached hydrogen (secondary N) is 1. The van der Waals surface area contributed by atoms with Gasteiger partial charge < -0.3 is 5.32 Å². The Bertz CT molecular complexity index is 443. The predicted octanol–water partition coefficient (Wildman–Crippen LogP) is 2.79. The fourth-order valence-electron chi connectivity index (χ4n) is 2.39. The van der Waals surface area contributed by atoms with Gasteiger partial charge in [-0.1, -0.05) is 19.3 Å². The van der Waals surface area contributed by atoms with E-state index in [0.717, 1.165) is 24.3 Å². The number of amides is 1. The Morgan fingerprint density at radius 3 is 2.83 bits per heavy atom. The van der Waals surface area contributed by atoms with Crippen molar-refractivity contribution in [1.82, 2.24) is 10.3 Å². The molecule has 1 aromatic rings. The van der Waals surface area contributed by atoms with E-state index in [1.165, 1.54) is 11.3 Å². The molecule has 96 valence electrons. The highest BCUT2D eigenvalue weighted by Crippen LogP contribution is 2.36. The molecule has 0 bridgehead atoms. The van der Waals surface area contributed by atoms with Gasteiger partial charge in [0.25, 0.3) is 0 Å². The molecule has 2 rings (SSSR count). The molecule has 0 radical (unpaired) electrons. The summed E-state index contributed by atoms with van der Waals surface area (Å²) in [6.07, 6.45) is 6.14. The lowest BCUT2D eigenvalue weighted by Gasteiger charge is -2.30. The Kier molecular flexibility index (Phi) is 3.97. The fourth-order valence-corrected chi connectivity index (χ4v) is 3.04. The zero-order valence-electron chi connectivity index (χ0n) is 10.5. The Balaban J connectivity index is 2.04. The maximum absolute atomic E-state index is 12.3. The average molecular weight is 263 g/mol. The van der Waals surface area contributed by atoms with Crippen LogP contribution in [0.5, 0.6) is 0 Å². The largest absolute Gasteiger partial charge is 0.346 e. The third-order valence-electron chi connectivity index (χ3n) is 3.53. The molecule has 1 amide bonds. The van der Waals surface area contributed by atoms with Crippen LogP contribution in [0.4, 0.5) is 0 Å². The van der Waals surface area contributed by atoms with Crippen molar-refractivity contribution in [3.8, 4) is 6.07 Å². The lowest BCUT2D eigenvalue weighted by molar-refractivity contribution is -0.130. The number of carbonyl (C=O) groups excluding carboxylic acids is 1. The number of nitrogens with zero attached hydrogens (tertiary/aromatic N) is 2. The Hall–Kier alpha value is -1.41. The first-order valence-electron chi connectivity index (χ1n) is 6.29. The van der Waals surface area contributed by atoms with Crippen LogP contribution in [0.2, 0.25) is 0 Å². The Morgan fingerprint density at radius 2 is 2.28 bits per heavy atom. The van der Waals surface area contributed by atoms with E-state index < -0.39 is 5.41 Å². The number of hydrogen-bond donors (Lipinski definition) is 1. The van der Waals surface area contributed by atoms with Gasteiger partial charge in [0.2, 0.25) is 5.91 Å². The van der Waals surface area contributed by atoms with Crippen molar-refractivity contribution < 1.29 is 4.79 Å². The van der Waals surface area contributed by atoms with Crippen LogP contribution in [0, 0.1) is 16.7 Å². The van der Waals surface area contributed by atoms with Crippen molar-refractivity contribution in [1.29, 1.82) is 5.26 Å². The number of hydrogen-bond acceptors (Lipinski definition) is 4. The fraction of sp³-hybridized carbons (Fsp3) is 0.615. The number of carbonyl (C=O) groups is 1. The van der Waals surface area contributed by atoms with Crippen LogP contribution in [0.3, 0.4) is 0 Å². The van der Waals surface area contributed by atoms with E-state index in [9.17, 15) is 10.1 Å². The van der Waals surface area contributed by atoms with E-state index >= 15 is 0 Å². The third kappa shape index (κ3) is 2.54. The van der Waals surface area contributed by atoms with E-state index in [1.54, 1.807) is 6.20 Å². The summed E-state index contributed by atoms with van der Waals surface area (Å²) in [6, 6.07) is 2.12. The zero-order chi connectivity index (χ0) is 13.0. The molecule has 0 aromatic carbocycles. The van der Waals surface area contributed by atoms with Crippen LogP contribution >= 0.6 is 11.3 Å². The number of thiazole rings is 1. The summed E-state index contributed by atoms with van der Waals surface area (Å²) in [5, 5.41) is 15.0. The number of rotatable bonds is 3. The zero-order valence-corrected chi connectivity index (χ0v) is 11.3. The first-order chi connectivity index (χ1) is 8.68. The van der Waals surface area contributed by atoms with Crippen LogP contribution in [0.15, 0.2) is 11.6 Å². The molecular weight excluding hydrogens is 246 g/mol. The minimum atomic E-state index is -0.816. The topological polar surface area (TPSA) is 65.8 Å².